The van der Waals surface area contributed by atoms with Crippen LogP contribution < -0.4 is 24.8 Å². The summed E-state index contributed by atoms with van der Waals surface area (Å²) in [7, 11) is 1.58. The first kappa shape index (κ1) is 23.5. The van der Waals surface area contributed by atoms with E-state index in [4.69, 9.17) is 18.9 Å². The molecule has 0 saturated carbocycles. The lowest BCUT2D eigenvalue weighted by atomic mass is 10.3. The fraction of sp³-hybridized carbons (Fsp3) is 0.409. The summed E-state index contributed by atoms with van der Waals surface area (Å²) in [6, 6.07) is 16.4. The lowest BCUT2D eigenvalue weighted by Crippen LogP contribution is -2.33. The van der Waals surface area contributed by atoms with Crippen molar-refractivity contribution >= 4 is 5.91 Å². The Hall–Kier alpha value is -2.81. The monoisotopic (exact) mass is 418 g/mol. The number of aliphatic hydroxyl groups is 1. The Labute approximate surface area is 177 Å². The molecule has 8 heteroatoms. The molecule has 0 unspecified atom stereocenters. The number of carbonyl (C=O) groups is 1. The van der Waals surface area contributed by atoms with Crippen molar-refractivity contribution in [3.8, 4) is 17.2 Å². The number of hydrogen-bond donors (Lipinski definition) is 3. The molecule has 1 amide bonds. The number of carbonyl (C=O) groups excluding carboxylic acids is 1. The summed E-state index contributed by atoms with van der Waals surface area (Å²) in [5.41, 5.74) is 0. The maximum atomic E-state index is 11.6. The zero-order valence-corrected chi connectivity index (χ0v) is 17.2. The van der Waals surface area contributed by atoms with Gasteiger partial charge in [0.25, 0.3) is 5.91 Å². The van der Waals surface area contributed by atoms with Crippen molar-refractivity contribution in [2.45, 2.75) is 6.10 Å². The number of ether oxygens (including phenoxy) is 4. The van der Waals surface area contributed by atoms with Gasteiger partial charge in [-0.15, -0.1) is 0 Å². The first-order valence-corrected chi connectivity index (χ1v) is 9.85. The van der Waals surface area contributed by atoms with Gasteiger partial charge in [0.15, 0.2) is 6.61 Å². The second-order valence-electron chi connectivity index (χ2n) is 6.43. The maximum absolute atomic E-state index is 11.6. The van der Waals surface area contributed by atoms with Gasteiger partial charge in [-0.05, 0) is 36.4 Å². The Morgan fingerprint density at radius 1 is 0.900 bits per heavy atom. The predicted octanol–water partition coefficient (Wildman–Crippen LogP) is 1.24. The smallest absolute Gasteiger partial charge is 0.258 e. The molecule has 0 aliphatic rings. The molecular weight excluding hydrogens is 388 g/mol. The van der Waals surface area contributed by atoms with Crippen molar-refractivity contribution in [2.75, 3.05) is 53.2 Å². The van der Waals surface area contributed by atoms with E-state index >= 15 is 0 Å². The summed E-state index contributed by atoms with van der Waals surface area (Å²) in [6.07, 6.45) is -0.603. The number of methoxy groups -OCH3 is 1. The number of amides is 1. The summed E-state index contributed by atoms with van der Waals surface area (Å²) >= 11 is 0. The van der Waals surface area contributed by atoms with Crippen LogP contribution in [0.1, 0.15) is 0 Å². The highest BCUT2D eigenvalue weighted by Gasteiger charge is 2.05. The summed E-state index contributed by atoms with van der Waals surface area (Å²) in [5, 5.41) is 15.7. The number of nitrogens with one attached hydrogen (secondary N) is 2. The number of aliphatic hydroxyl groups excluding tert-OH is 1. The van der Waals surface area contributed by atoms with Crippen LogP contribution >= 0.6 is 0 Å². The van der Waals surface area contributed by atoms with E-state index in [1.165, 1.54) is 0 Å². The molecule has 0 aliphatic heterocycles. The standard InChI is InChI=1S/C22H30N2O6/c1-27-13-12-24-22(26)17-30-21-9-7-20(8-10-21)28-14-11-23-15-18(25)16-29-19-5-3-2-4-6-19/h2-10,18,23,25H,11-17H2,1H3,(H,24,26)/t18-/m1/s1. The van der Waals surface area contributed by atoms with E-state index < -0.39 is 6.10 Å². The minimum Gasteiger partial charge on any atom is -0.492 e. The Balaban J connectivity index is 1.53. The van der Waals surface area contributed by atoms with Crippen LogP contribution in [0.15, 0.2) is 54.6 Å². The van der Waals surface area contributed by atoms with E-state index in [1.54, 1.807) is 31.4 Å². The normalized spacial score (nSPS) is 11.5. The molecule has 0 saturated heterocycles. The van der Waals surface area contributed by atoms with Gasteiger partial charge in [0, 0.05) is 26.7 Å². The molecule has 0 radical (unpaired) electrons. The van der Waals surface area contributed by atoms with Crippen molar-refractivity contribution < 1.29 is 28.8 Å². The molecular formula is C22H30N2O6. The van der Waals surface area contributed by atoms with Gasteiger partial charge in [-0.25, -0.2) is 0 Å². The molecule has 0 fully saturated rings. The second kappa shape index (κ2) is 14.2. The molecule has 0 heterocycles. The molecule has 0 spiro atoms. The lowest BCUT2D eigenvalue weighted by molar-refractivity contribution is -0.123. The van der Waals surface area contributed by atoms with Gasteiger partial charge in [-0.3, -0.25) is 4.79 Å². The number of benzene rings is 2. The minimum atomic E-state index is -0.603. The Morgan fingerprint density at radius 2 is 1.57 bits per heavy atom. The third-order valence-corrected chi connectivity index (χ3v) is 3.94. The number of rotatable bonds is 15. The van der Waals surface area contributed by atoms with Crippen molar-refractivity contribution in [1.82, 2.24) is 10.6 Å². The van der Waals surface area contributed by atoms with Crippen LogP contribution in [0, 0.1) is 0 Å². The van der Waals surface area contributed by atoms with Gasteiger partial charge in [-0.1, -0.05) is 18.2 Å². The molecule has 8 nitrogen and oxygen atoms in total. The maximum Gasteiger partial charge on any atom is 0.258 e. The van der Waals surface area contributed by atoms with Gasteiger partial charge >= 0.3 is 0 Å². The zero-order chi connectivity index (χ0) is 21.4. The molecule has 2 aromatic rings. The molecule has 3 N–H and O–H groups in total. The van der Waals surface area contributed by atoms with E-state index in [9.17, 15) is 9.90 Å². The molecule has 2 rings (SSSR count). The molecule has 30 heavy (non-hydrogen) atoms. The van der Waals surface area contributed by atoms with Gasteiger partial charge < -0.3 is 34.7 Å². The Morgan fingerprint density at radius 3 is 2.27 bits per heavy atom. The van der Waals surface area contributed by atoms with Crippen molar-refractivity contribution in [1.29, 1.82) is 0 Å². The van der Waals surface area contributed by atoms with Crippen molar-refractivity contribution in [3.05, 3.63) is 54.6 Å². The first-order valence-electron chi connectivity index (χ1n) is 9.85. The van der Waals surface area contributed by atoms with Crippen LogP contribution in [0.2, 0.25) is 0 Å². The van der Waals surface area contributed by atoms with Crippen LogP contribution in [0.5, 0.6) is 17.2 Å². The number of hydrogen-bond acceptors (Lipinski definition) is 7. The second-order valence-corrected chi connectivity index (χ2v) is 6.43. The molecule has 1 atom stereocenters. The summed E-state index contributed by atoms with van der Waals surface area (Å²) in [6.45, 7) is 2.55. The Kier molecular flexibility index (Phi) is 11.1. The Bertz CT molecular complexity index is 711. The molecule has 0 bridgehead atoms. The van der Waals surface area contributed by atoms with Crippen molar-refractivity contribution in [2.24, 2.45) is 0 Å². The van der Waals surface area contributed by atoms with Crippen LogP contribution in [0.4, 0.5) is 0 Å². The van der Waals surface area contributed by atoms with Crippen LogP contribution in [-0.4, -0.2) is 70.3 Å². The average molecular weight is 418 g/mol. The predicted molar refractivity (Wildman–Crippen MR) is 113 cm³/mol. The van der Waals surface area contributed by atoms with Gasteiger partial charge in [0.1, 0.15) is 36.6 Å². The van der Waals surface area contributed by atoms with E-state index in [2.05, 4.69) is 10.6 Å². The highest BCUT2D eigenvalue weighted by Crippen LogP contribution is 2.17. The van der Waals surface area contributed by atoms with E-state index in [-0.39, 0.29) is 19.1 Å². The van der Waals surface area contributed by atoms with E-state index in [1.807, 2.05) is 30.3 Å². The highest BCUT2D eigenvalue weighted by molar-refractivity contribution is 5.77. The van der Waals surface area contributed by atoms with Gasteiger partial charge in [0.05, 0.1) is 6.61 Å². The molecule has 0 aliphatic carbocycles. The van der Waals surface area contributed by atoms with Crippen LogP contribution in [0.3, 0.4) is 0 Å². The first-order chi connectivity index (χ1) is 14.7. The summed E-state index contributed by atoms with van der Waals surface area (Å²) in [5.74, 6) is 1.82. The van der Waals surface area contributed by atoms with E-state index in [0.717, 1.165) is 5.75 Å². The van der Waals surface area contributed by atoms with Crippen LogP contribution in [-0.2, 0) is 9.53 Å². The molecule has 2 aromatic carbocycles. The minimum absolute atomic E-state index is 0.0514. The van der Waals surface area contributed by atoms with Gasteiger partial charge in [0.2, 0.25) is 0 Å². The summed E-state index contributed by atoms with van der Waals surface area (Å²) < 4.78 is 21.4. The fourth-order valence-corrected chi connectivity index (χ4v) is 2.40. The SMILES string of the molecule is COCCNC(=O)COc1ccc(OCCNC[C@@H](O)COc2ccccc2)cc1. The molecule has 164 valence electrons. The van der Waals surface area contributed by atoms with Gasteiger partial charge in [-0.2, -0.15) is 0 Å². The van der Waals surface area contributed by atoms with Crippen molar-refractivity contribution in [3.63, 3.8) is 0 Å². The zero-order valence-electron chi connectivity index (χ0n) is 17.2. The highest BCUT2D eigenvalue weighted by atomic mass is 16.5. The quantitative estimate of drug-likeness (QED) is 0.374. The van der Waals surface area contributed by atoms with E-state index in [0.29, 0.717) is 44.3 Å². The lowest BCUT2D eigenvalue weighted by Gasteiger charge is -2.13. The topological polar surface area (TPSA) is 98.3 Å². The fourth-order valence-electron chi connectivity index (χ4n) is 2.40. The largest absolute Gasteiger partial charge is 0.492 e. The molecule has 0 aromatic heterocycles. The summed E-state index contributed by atoms with van der Waals surface area (Å²) in [4.78, 5) is 11.6. The number of para-hydroxylation sites is 1. The van der Waals surface area contributed by atoms with Crippen LogP contribution in [0.25, 0.3) is 0 Å². The third kappa shape index (κ3) is 10.1. The average Bonchev–Trinajstić information content (AvgIpc) is 2.78. The third-order valence-electron chi connectivity index (χ3n) is 3.94.